The first-order chi connectivity index (χ1) is 15.7. The van der Waals surface area contributed by atoms with Crippen LogP contribution in [0.4, 0.5) is 0 Å². The third kappa shape index (κ3) is 4.69. The van der Waals surface area contributed by atoms with Gasteiger partial charge in [0.15, 0.2) is 0 Å². The summed E-state index contributed by atoms with van der Waals surface area (Å²) in [7, 11) is 2.05. The highest BCUT2D eigenvalue weighted by Gasteiger charge is 2.17. The molecule has 0 spiro atoms. The molecule has 5 nitrogen and oxygen atoms in total. The Morgan fingerprint density at radius 2 is 1.78 bits per heavy atom. The summed E-state index contributed by atoms with van der Waals surface area (Å²) in [4.78, 5) is 18.3. The fraction of sp³-hybridized carbons (Fsp3) is 0.519. The average molecular weight is 434 g/mol. The second-order valence-corrected chi connectivity index (χ2v) is 9.67. The number of aromatic nitrogens is 1. The van der Waals surface area contributed by atoms with Crippen molar-refractivity contribution in [1.82, 2.24) is 14.4 Å². The maximum Gasteiger partial charge on any atom is 0.255 e. The highest BCUT2D eigenvalue weighted by molar-refractivity contribution is 5.82. The van der Waals surface area contributed by atoms with Gasteiger partial charge in [-0.05, 0) is 112 Å². The van der Waals surface area contributed by atoms with Crippen LogP contribution < -0.4 is 5.56 Å². The minimum Gasteiger partial charge on any atom is -0.468 e. The van der Waals surface area contributed by atoms with Crippen LogP contribution >= 0.6 is 0 Å². The largest absolute Gasteiger partial charge is 0.468 e. The van der Waals surface area contributed by atoms with Gasteiger partial charge in [0.2, 0.25) is 0 Å². The molecule has 170 valence electrons. The minimum absolute atomic E-state index is 0.167. The molecule has 3 aromatic rings. The van der Waals surface area contributed by atoms with Crippen molar-refractivity contribution < 1.29 is 4.42 Å². The molecule has 2 aliphatic rings. The van der Waals surface area contributed by atoms with E-state index in [1.807, 2.05) is 12.1 Å². The van der Waals surface area contributed by atoms with Gasteiger partial charge in [0.25, 0.3) is 5.56 Å². The molecule has 5 rings (SSSR count). The predicted octanol–water partition coefficient (Wildman–Crippen LogP) is 4.59. The molecule has 1 aromatic carbocycles. The predicted molar refractivity (Wildman–Crippen MR) is 129 cm³/mol. The summed E-state index contributed by atoms with van der Waals surface area (Å²) in [6.45, 7) is 5.62. The summed E-state index contributed by atoms with van der Waals surface area (Å²) in [5.41, 5.74) is 5.06. The van der Waals surface area contributed by atoms with Crippen molar-refractivity contribution >= 4 is 10.9 Å². The van der Waals surface area contributed by atoms with Gasteiger partial charge in [0.05, 0.1) is 18.3 Å². The molecule has 5 heteroatoms. The maximum atomic E-state index is 13.6. The van der Waals surface area contributed by atoms with Crippen molar-refractivity contribution in [3.63, 3.8) is 0 Å². The molecule has 0 unspecified atom stereocenters. The lowest BCUT2D eigenvalue weighted by molar-refractivity contribution is 0.223. The van der Waals surface area contributed by atoms with Crippen LogP contribution in [0.3, 0.4) is 0 Å². The van der Waals surface area contributed by atoms with Gasteiger partial charge in [-0.1, -0.05) is 6.42 Å². The second kappa shape index (κ2) is 9.63. The molecule has 1 aliphatic heterocycles. The molecule has 1 saturated heterocycles. The zero-order chi connectivity index (χ0) is 21.9. The van der Waals surface area contributed by atoms with Crippen LogP contribution in [0.5, 0.6) is 0 Å². The van der Waals surface area contributed by atoms with Gasteiger partial charge in [-0.25, -0.2) is 0 Å². The van der Waals surface area contributed by atoms with E-state index in [1.54, 1.807) is 6.26 Å². The number of benzene rings is 1. The van der Waals surface area contributed by atoms with E-state index in [0.717, 1.165) is 49.2 Å². The molecule has 0 radical (unpaired) electrons. The molecule has 32 heavy (non-hydrogen) atoms. The SMILES string of the molecule is CN(Cc1ccco1)Cc1cc2cc3c(cc2n(CCCN2CCCCC2)c1=O)CCC3. The molecule has 0 atom stereocenters. The van der Waals surface area contributed by atoms with E-state index in [9.17, 15) is 4.79 Å². The van der Waals surface area contributed by atoms with E-state index < -0.39 is 0 Å². The number of furan rings is 1. The lowest BCUT2D eigenvalue weighted by Gasteiger charge is -2.26. The van der Waals surface area contributed by atoms with Gasteiger partial charge < -0.3 is 13.9 Å². The molecule has 1 aliphatic carbocycles. The van der Waals surface area contributed by atoms with Gasteiger partial charge in [-0.15, -0.1) is 0 Å². The van der Waals surface area contributed by atoms with E-state index in [2.05, 4.69) is 39.6 Å². The Morgan fingerprint density at radius 3 is 2.56 bits per heavy atom. The van der Waals surface area contributed by atoms with E-state index in [4.69, 9.17) is 4.42 Å². The molecular formula is C27H35N3O2. The molecular weight excluding hydrogens is 398 g/mol. The zero-order valence-corrected chi connectivity index (χ0v) is 19.3. The first-order valence-electron chi connectivity index (χ1n) is 12.3. The van der Waals surface area contributed by atoms with Crippen LogP contribution in [0.15, 0.2) is 45.8 Å². The van der Waals surface area contributed by atoms with Crippen molar-refractivity contribution in [1.29, 1.82) is 0 Å². The smallest absolute Gasteiger partial charge is 0.255 e. The monoisotopic (exact) mass is 433 g/mol. The molecule has 0 N–H and O–H groups in total. The number of rotatable bonds is 8. The summed E-state index contributed by atoms with van der Waals surface area (Å²) in [6, 6.07) is 10.7. The number of likely N-dealkylation sites (tertiary alicyclic amines) is 1. The van der Waals surface area contributed by atoms with Crippen LogP contribution in [0.2, 0.25) is 0 Å². The summed E-state index contributed by atoms with van der Waals surface area (Å²) in [6.07, 6.45) is 10.2. The number of hydrogen-bond donors (Lipinski definition) is 0. The van der Waals surface area contributed by atoms with Crippen molar-refractivity contribution in [2.24, 2.45) is 0 Å². The quantitative estimate of drug-likeness (QED) is 0.521. The average Bonchev–Trinajstić information content (AvgIpc) is 3.47. The fourth-order valence-electron chi connectivity index (χ4n) is 5.50. The standard InChI is InChI=1S/C27H35N3O2/c1-28(20-25-10-6-15-32-25)19-24-17-23-16-21-8-5-9-22(21)18-26(23)30(27(24)31)14-7-13-29-11-3-2-4-12-29/h6,10,15-18H,2-5,7-9,11-14,19-20H2,1H3. The normalized spacial score (nSPS) is 16.8. The van der Waals surface area contributed by atoms with Crippen LogP contribution in [-0.4, -0.2) is 41.0 Å². The Morgan fingerprint density at radius 1 is 0.969 bits per heavy atom. The summed E-state index contributed by atoms with van der Waals surface area (Å²) < 4.78 is 7.56. The summed E-state index contributed by atoms with van der Waals surface area (Å²) in [5.74, 6) is 0.924. The molecule has 2 aromatic heterocycles. The van der Waals surface area contributed by atoms with Gasteiger partial charge in [-0.2, -0.15) is 0 Å². The van der Waals surface area contributed by atoms with E-state index >= 15 is 0 Å². The van der Waals surface area contributed by atoms with Crippen LogP contribution in [0.25, 0.3) is 10.9 Å². The number of fused-ring (bicyclic) bond motifs is 2. The third-order valence-electron chi connectivity index (χ3n) is 7.13. The number of piperidine rings is 1. The zero-order valence-electron chi connectivity index (χ0n) is 19.3. The van der Waals surface area contributed by atoms with E-state index in [0.29, 0.717) is 13.1 Å². The van der Waals surface area contributed by atoms with Gasteiger partial charge >= 0.3 is 0 Å². The topological polar surface area (TPSA) is 41.6 Å². The van der Waals surface area contributed by atoms with E-state index in [-0.39, 0.29) is 5.56 Å². The first kappa shape index (κ1) is 21.5. The van der Waals surface area contributed by atoms with Gasteiger partial charge in [0.1, 0.15) is 5.76 Å². The molecule has 1 fully saturated rings. The maximum absolute atomic E-state index is 13.6. The Kier molecular flexibility index (Phi) is 6.47. The van der Waals surface area contributed by atoms with Crippen molar-refractivity contribution in [2.75, 3.05) is 26.7 Å². The van der Waals surface area contributed by atoms with Gasteiger partial charge in [0, 0.05) is 18.7 Å². The number of aryl methyl sites for hydroxylation is 3. The van der Waals surface area contributed by atoms with Crippen LogP contribution in [-0.2, 0) is 32.5 Å². The summed E-state index contributed by atoms with van der Waals surface area (Å²) >= 11 is 0. The lowest BCUT2D eigenvalue weighted by atomic mass is 10.0. The van der Waals surface area contributed by atoms with Crippen molar-refractivity contribution in [2.45, 2.75) is 64.6 Å². The Hall–Kier alpha value is -2.37. The van der Waals surface area contributed by atoms with Crippen molar-refractivity contribution in [3.8, 4) is 0 Å². The Balaban J connectivity index is 1.42. The third-order valence-corrected chi connectivity index (χ3v) is 7.13. The molecule has 3 heterocycles. The van der Waals surface area contributed by atoms with Crippen LogP contribution in [0.1, 0.15) is 54.6 Å². The fourth-order valence-corrected chi connectivity index (χ4v) is 5.50. The summed E-state index contributed by atoms with van der Waals surface area (Å²) in [5, 5.41) is 1.21. The molecule has 0 saturated carbocycles. The number of hydrogen-bond acceptors (Lipinski definition) is 4. The number of pyridine rings is 1. The molecule has 0 amide bonds. The first-order valence-corrected chi connectivity index (χ1v) is 12.3. The highest BCUT2D eigenvalue weighted by Crippen LogP contribution is 2.27. The van der Waals surface area contributed by atoms with E-state index in [1.165, 1.54) is 55.3 Å². The van der Waals surface area contributed by atoms with Crippen LogP contribution in [0, 0.1) is 0 Å². The Bertz CT molecular complexity index is 1110. The second-order valence-electron chi connectivity index (χ2n) is 9.67. The Labute approximate surface area is 190 Å². The highest BCUT2D eigenvalue weighted by atomic mass is 16.3. The minimum atomic E-state index is 0.167. The molecule has 0 bridgehead atoms. The van der Waals surface area contributed by atoms with Gasteiger partial charge in [-0.3, -0.25) is 9.69 Å². The lowest BCUT2D eigenvalue weighted by Crippen LogP contribution is -2.33. The van der Waals surface area contributed by atoms with Crippen molar-refractivity contribution in [3.05, 3.63) is 69.4 Å². The number of nitrogens with zero attached hydrogens (tertiary/aromatic N) is 3.